The van der Waals surface area contributed by atoms with Crippen molar-refractivity contribution < 1.29 is 0 Å². The molecule has 1 rings (SSSR count). The van der Waals surface area contributed by atoms with Gasteiger partial charge in [0.25, 0.3) is 0 Å². The van der Waals surface area contributed by atoms with Gasteiger partial charge in [0.15, 0.2) is 0 Å². The molecule has 0 saturated carbocycles. The molecule has 1 heterocycles. The Morgan fingerprint density at radius 3 is 2.25 bits per heavy atom. The maximum Gasteiger partial charge on any atom is 0.105 e. The van der Waals surface area contributed by atoms with Crippen LogP contribution in [0.15, 0.2) is 16.9 Å². The molecule has 3 nitrogen and oxygen atoms in total. The Morgan fingerprint density at radius 1 is 1.50 bits per heavy atom. The second-order valence-electron chi connectivity index (χ2n) is 1.50. The van der Waals surface area contributed by atoms with E-state index in [1.165, 1.54) is 0 Å². The molecule has 0 bridgehead atoms. The van der Waals surface area contributed by atoms with Crippen LogP contribution >= 0.6 is 12.4 Å². The zero-order valence-electron chi connectivity index (χ0n) is 4.29. The van der Waals surface area contributed by atoms with Crippen molar-refractivity contribution in [2.24, 2.45) is 16.5 Å². The van der Waals surface area contributed by atoms with Crippen molar-refractivity contribution in [1.29, 1.82) is 0 Å². The van der Waals surface area contributed by atoms with Crippen LogP contribution in [0.3, 0.4) is 0 Å². The third-order valence-electron chi connectivity index (χ3n) is 0.781. The second kappa shape index (κ2) is 2.57. The van der Waals surface area contributed by atoms with Crippen LogP contribution in [0.2, 0.25) is 0 Å². The van der Waals surface area contributed by atoms with Gasteiger partial charge in [-0.3, -0.25) is 0 Å². The zero-order chi connectivity index (χ0) is 5.28. The Bertz CT molecular complexity index is 122. The molecule has 1 aliphatic rings. The van der Waals surface area contributed by atoms with Gasteiger partial charge in [-0.05, 0) is 0 Å². The molecular weight excluding hydrogens is 126 g/mol. The number of hydrogen-bond acceptors (Lipinski definition) is 3. The average molecular weight is 134 g/mol. The van der Waals surface area contributed by atoms with Gasteiger partial charge in [0.05, 0.1) is 0 Å². The maximum atomic E-state index is 5.29. The van der Waals surface area contributed by atoms with Crippen LogP contribution in [-0.2, 0) is 0 Å². The largest absolute Gasteiger partial charge is 0.400 e. The first-order chi connectivity index (χ1) is 3.29. The summed E-state index contributed by atoms with van der Waals surface area (Å²) in [5.41, 5.74) is 11.3. The molecule has 0 aliphatic carbocycles. The number of nitrogens with two attached hydrogens (primary N) is 2. The molecule has 0 atom stereocenters. The number of aliphatic imine (C=N–C) groups is 1. The van der Waals surface area contributed by atoms with Crippen molar-refractivity contribution in [1.82, 2.24) is 0 Å². The first-order valence-corrected chi connectivity index (χ1v) is 2.05. The van der Waals surface area contributed by atoms with E-state index in [-0.39, 0.29) is 12.4 Å². The van der Waals surface area contributed by atoms with E-state index in [4.69, 9.17) is 11.5 Å². The van der Waals surface area contributed by atoms with E-state index in [0.29, 0.717) is 12.3 Å². The van der Waals surface area contributed by atoms with Gasteiger partial charge in [-0.25, -0.2) is 4.99 Å². The number of amidine groups is 1. The van der Waals surface area contributed by atoms with E-state index in [2.05, 4.69) is 4.99 Å². The van der Waals surface area contributed by atoms with Crippen LogP contribution in [-0.4, -0.2) is 5.84 Å². The summed E-state index contributed by atoms with van der Waals surface area (Å²) in [5.74, 6) is 0.609. The normalized spacial score (nSPS) is 16.5. The first kappa shape index (κ1) is 7.30. The van der Waals surface area contributed by atoms with Gasteiger partial charge in [-0.1, -0.05) is 0 Å². The van der Waals surface area contributed by atoms with Crippen molar-refractivity contribution in [3.8, 4) is 0 Å². The second-order valence-corrected chi connectivity index (χ2v) is 1.50. The molecule has 0 spiro atoms. The fourth-order valence-electron chi connectivity index (χ4n) is 0.466. The summed E-state index contributed by atoms with van der Waals surface area (Å²) in [6.07, 6.45) is 2.22. The third-order valence-corrected chi connectivity index (χ3v) is 0.781. The van der Waals surface area contributed by atoms with Crippen molar-refractivity contribution >= 4 is 18.2 Å². The summed E-state index contributed by atoms with van der Waals surface area (Å²) in [6.45, 7) is 0. The van der Waals surface area contributed by atoms with Crippen molar-refractivity contribution in [3.63, 3.8) is 0 Å². The summed E-state index contributed by atoms with van der Waals surface area (Å²) >= 11 is 0. The Balaban J connectivity index is 0.000000490. The van der Waals surface area contributed by atoms with Gasteiger partial charge in [-0.2, -0.15) is 0 Å². The van der Waals surface area contributed by atoms with Crippen molar-refractivity contribution in [3.05, 3.63) is 11.9 Å². The lowest BCUT2D eigenvalue weighted by atomic mass is 10.4. The van der Waals surface area contributed by atoms with Crippen LogP contribution in [0, 0.1) is 0 Å². The van der Waals surface area contributed by atoms with Gasteiger partial charge in [-0.15, -0.1) is 12.4 Å². The van der Waals surface area contributed by atoms with E-state index in [1.54, 1.807) is 6.20 Å². The Morgan fingerprint density at radius 2 is 2.12 bits per heavy atom. The number of hydrogen-bond donors (Lipinski definition) is 2. The lowest BCUT2D eigenvalue weighted by Gasteiger charge is -1.85. The molecule has 4 heteroatoms. The highest BCUT2D eigenvalue weighted by molar-refractivity contribution is 5.85. The molecule has 0 aromatic heterocycles. The minimum atomic E-state index is 0. The molecule has 0 amide bonds. The number of rotatable bonds is 0. The molecule has 46 valence electrons. The Labute approximate surface area is 53.9 Å². The third kappa shape index (κ3) is 1.42. The maximum absolute atomic E-state index is 5.29. The first-order valence-electron chi connectivity index (χ1n) is 2.05. The lowest BCUT2D eigenvalue weighted by molar-refractivity contribution is 1.23. The topological polar surface area (TPSA) is 64.4 Å². The molecule has 0 radical (unpaired) electrons. The highest BCUT2D eigenvalue weighted by Gasteiger charge is 1.99. The van der Waals surface area contributed by atoms with Gasteiger partial charge in [0.1, 0.15) is 5.84 Å². The molecule has 0 aromatic rings. The van der Waals surface area contributed by atoms with Crippen LogP contribution < -0.4 is 11.5 Å². The summed E-state index contributed by atoms with van der Waals surface area (Å²) < 4.78 is 0. The van der Waals surface area contributed by atoms with Gasteiger partial charge in [0.2, 0.25) is 0 Å². The smallest absolute Gasteiger partial charge is 0.105 e. The van der Waals surface area contributed by atoms with Gasteiger partial charge < -0.3 is 11.5 Å². The summed E-state index contributed by atoms with van der Waals surface area (Å²) in [4.78, 5) is 3.72. The zero-order valence-corrected chi connectivity index (χ0v) is 5.11. The van der Waals surface area contributed by atoms with Crippen LogP contribution in [0.25, 0.3) is 0 Å². The molecule has 0 unspecified atom stereocenters. The lowest BCUT2D eigenvalue weighted by Crippen LogP contribution is -2.10. The fourth-order valence-corrected chi connectivity index (χ4v) is 0.466. The van der Waals surface area contributed by atoms with E-state index >= 15 is 0 Å². The monoisotopic (exact) mass is 133 g/mol. The molecule has 4 N–H and O–H groups in total. The number of nitrogens with zero attached hydrogens (tertiary/aromatic N) is 1. The molecule has 0 aromatic carbocycles. The summed E-state index contributed by atoms with van der Waals surface area (Å²) in [7, 11) is 0. The predicted octanol–water partition coefficient (Wildman–Crippen LogP) is -0.0308. The van der Waals surface area contributed by atoms with Crippen molar-refractivity contribution in [2.45, 2.75) is 6.42 Å². The highest BCUT2D eigenvalue weighted by atomic mass is 35.5. The van der Waals surface area contributed by atoms with E-state index in [0.717, 1.165) is 5.70 Å². The van der Waals surface area contributed by atoms with E-state index in [1.807, 2.05) is 0 Å². The molecule has 1 aliphatic heterocycles. The van der Waals surface area contributed by atoms with Crippen molar-refractivity contribution in [2.75, 3.05) is 0 Å². The minimum Gasteiger partial charge on any atom is -0.400 e. The molecule has 0 fully saturated rings. The number of halogens is 1. The molecular formula is C4H8ClN3. The molecule has 0 saturated heterocycles. The van der Waals surface area contributed by atoms with Crippen LogP contribution in [0.4, 0.5) is 0 Å². The SMILES string of the molecule is Cl.NC1=CN=C(N)C1. The fraction of sp³-hybridized carbons (Fsp3) is 0.250. The minimum absolute atomic E-state index is 0. The Hall–Kier alpha value is -0.700. The van der Waals surface area contributed by atoms with E-state index in [9.17, 15) is 0 Å². The highest BCUT2D eigenvalue weighted by Crippen LogP contribution is 1.99. The predicted molar refractivity (Wildman–Crippen MR) is 35.8 cm³/mol. The van der Waals surface area contributed by atoms with Crippen LogP contribution in [0.1, 0.15) is 6.42 Å². The van der Waals surface area contributed by atoms with Crippen LogP contribution in [0.5, 0.6) is 0 Å². The van der Waals surface area contributed by atoms with Gasteiger partial charge in [0, 0.05) is 18.3 Å². The summed E-state index contributed by atoms with van der Waals surface area (Å²) in [5, 5.41) is 0. The quantitative estimate of drug-likeness (QED) is 0.488. The standard InChI is InChI=1S/C4H7N3.ClH/c5-3-1-4(6)7-2-3;/h2H,1,5H2,(H2,6,7);1H. The van der Waals surface area contributed by atoms with E-state index < -0.39 is 0 Å². The summed E-state index contributed by atoms with van der Waals surface area (Å²) in [6, 6.07) is 0. The average Bonchev–Trinajstić information content (AvgIpc) is 1.87. The Kier molecular flexibility index (Phi) is 2.34. The molecule has 8 heavy (non-hydrogen) atoms. The van der Waals surface area contributed by atoms with Gasteiger partial charge >= 0.3 is 0 Å².